The van der Waals surface area contributed by atoms with Gasteiger partial charge in [0.1, 0.15) is 0 Å². The molecule has 2 fully saturated rings. The van der Waals surface area contributed by atoms with Crippen LogP contribution in [-0.4, -0.2) is 48.2 Å². The fraction of sp³-hybridized carbons (Fsp3) is 0.625. The van der Waals surface area contributed by atoms with Crippen LogP contribution in [0.4, 0.5) is 0 Å². The minimum Gasteiger partial charge on any atom is -0.391 e. The number of likely N-dealkylation sites (N-methyl/N-ethyl adjacent to an activating group) is 1. The van der Waals surface area contributed by atoms with E-state index >= 15 is 0 Å². The number of ether oxygens (including phenoxy) is 2. The molecule has 1 spiro atoms. The van der Waals surface area contributed by atoms with Crippen molar-refractivity contribution < 1.29 is 14.6 Å². The summed E-state index contributed by atoms with van der Waals surface area (Å²) in [6.45, 7) is 2.18. The number of nitrogens with zero attached hydrogens (tertiary/aromatic N) is 1. The number of aliphatic hydroxyl groups excluding tert-OH is 1. The standard InChI is InChI=1S/C16H23NO3/c1-17(12-13-5-3-2-4-6-13)14-11-16(8-7-15(14)18)19-9-10-20-16/h2-6,14-15,18H,7-12H2,1H3/t14-,15-/m1/s1. The van der Waals surface area contributed by atoms with E-state index in [4.69, 9.17) is 9.47 Å². The van der Waals surface area contributed by atoms with Gasteiger partial charge in [0, 0.05) is 25.4 Å². The van der Waals surface area contributed by atoms with Crippen LogP contribution in [0.25, 0.3) is 0 Å². The lowest BCUT2D eigenvalue weighted by molar-refractivity contribution is -0.204. The molecule has 1 aliphatic carbocycles. The molecule has 4 nitrogen and oxygen atoms in total. The molecule has 1 heterocycles. The van der Waals surface area contributed by atoms with E-state index in [1.807, 2.05) is 18.2 Å². The first kappa shape index (κ1) is 14.0. The molecule has 20 heavy (non-hydrogen) atoms. The molecule has 0 radical (unpaired) electrons. The maximum absolute atomic E-state index is 10.3. The zero-order chi connectivity index (χ0) is 14.0. The molecule has 1 N–H and O–H groups in total. The third-order valence-corrected chi connectivity index (χ3v) is 4.44. The van der Waals surface area contributed by atoms with Gasteiger partial charge in [0.2, 0.25) is 0 Å². The topological polar surface area (TPSA) is 41.9 Å². The second-order valence-corrected chi connectivity index (χ2v) is 5.89. The second kappa shape index (κ2) is 5.82. The number of rotatable bonds is 3. The van der Waals surface area contributed by atoms with Gasteiger partial charge in [-0.25, -0.2) is 0 Å². The molecule has 110 valence electrons. The molecule has 0 unspecified atom stereocenters. The molecule has 2 atom stereocenters. The SMILES string of the molecule is CN(Cc1ccccc1)[C@@H]1CC2(CC[C@H]1O)OCCO2. The third kappa shape index (κ3) is 2.88. The Bertz CT molecular complexity index is 431. The first-order valence-corrected chi connectivity index (χ1v) is 7.39. The fourth-order valence-electron chi connectivity index (χ4n) is 3.31. The van der Waals surface area contributed by atoms with E-state index in [1.54, 1.807) is 0 Å². The van der Waals surface area contributed by atoms with E-state index in [1.165, 1.54) is 5.56 Å². The van der Waals surface area contributed by atoms with Crippen molar-refractivity contribution in [2.45, 2.75) is 43.7 Å². The van der Waals surface area contributed by atoms with Crippen LogP contribution in [0.5, 0.6) is 0 Å². The van der Waals surface area contributed by atoms with Crippen LogP contribution in [0, 0.1) is 0 Å². The summed E-state index contributed by atoms with van der Waals surface area (Å²) in [5.74, 6) is -0.450. The maximum Gasteiger partial charge on any atom is 0.170 e. The summed E-state index contributed by atoms with van der Waals surface area (Å²) in [5.41, 5.74) is 1.26. The minimum atomic E-state index is -0.450. The highest BCUT2D eigenvalue weighted by molar-refractivity contribution is 5.14. The lowest BCUT2D eigenvalue weighted by atomic mass is 9.86. The molecule has 2 aliphatic rings. The lowest BCUT2D eigenvalue weighted by Gasteiger charge is -2.42. The Morgan fingerprint density at radius 1 is 1.25 bits per heavy atom. The Labute approximate surface area is 120 Å². The molecule has 1 aromatic carbocycles. The second-order valence-electron chi connectivity index (χ2n) is 5.89. The Morgan fingerprint density at radius 2 is 1.95 bits per heavy atom. The van der Waals surface area contributed by atoms with Crippen molar-refractivity contribution in [3.63, 3.8) is 0 Å². The average Bonchev–Trinajstić information content (AvgIpc) is 2.91. The van der Waals surface area contributed by atoms with Gasteiger partial charge in [0.05, 0.1) is 19.3 Å². The highest BCUT2D eigenvalue weighted by Gasteiger charge is 2.45. The van der Waals surface area contributed by atoms with Crippen LogP contribution in [0.1, 0.15) is 24.8 Å². The van der Waals surface area contributed by atoms with Crippen molar-refractivity contribution in [2.24, 2.45) is 0 Å². The summed E-state index contributed by atoms with van der Waals surface area (Å²) >= 11 is 0. The van der Waals surface area contributed by atoms with E-state index in [-0.39, 0.29) is 12.1 Å². The normalized spacial score (nSPS) is 29.1. The van der Waals surface area contributed by atoms with Crippen molar-refractivity contribution in [3.05, 3.63) is 35.9 Å². The Balaban J connectivity index is 1.67. The highest BCUT2D eigenvalue weighted by Crippen LogP contribution is 2.37. The first-order chi connectivity index (χ1) is 9.69. The van der Waals surface area contributed by atoms with Gasteiger partial charge in [0.15, 0.2) is 5.79 Å². The molecule has 0 amide bonds. The van der Waals surface area contributed by atoms with E-state index < -0.39 is 5.79 Å². The molecule has 4 heteroatoms. The molecular formula is C16H23NO3. The summed E-state index contributed by atoms with van der Waals surface area (Å²) in [4.78, 5) is 2.21. The summed E-state index contributed by atoms with van der Waals surface area (Å²) < 4.78 is 11.6. The van der Waals surface area contributed by atoms with Crippen molar-refractivity contribution in [1.82, 2.24) is 4.90 Å². The average molecular weight is 277 g/mol. The molecule has 3 rings (SSSR count). The Kier molecular flexibility index (Phi) is 4.08. The Morgan fingerprint density at radius 3 is 2.65 bits per heavy atom. The van der Waals surface area contributed by atoms with Crippen LogP contribution in [0.3, 0.4) is 0 Å². The number of hydrogen-bond acceptors (Lipinski definition) is 4. The molecule has 1 aliphatic heterocycles. The summed E-state index contributed by atoms with van der Waals surface area (Å²) in [7, 11) is 2.06. The van der Waals surface area contributed by atoms with Crippen molar-refractivity contribution in [1.29, 1.82) is 0 Å². The van der Waals surface area contributed by atoms with E-state index in [9.17, 15) is 5.11 Å². The number of hydrogen-bond donors (Lipinski definition) is 1. The zero-order valence-corrected chi connectivity index (χ0v) is 12.0. The summed E-state index contributed by atoms with van der Waals surface area (Å²) in [6, 6.07) is 10.4. The van der Waals surface area contributed by atoms with E-state index in [0.29, 0.717) is 13.2 Å². The van der Waals surface area contributed by atoms with E-state index in [2.05, 4.69) is 24.1 Å². The van der Waals surface area contributed by atoms with Crippen molar-refractivity contribution >= 4 is 0 Å². The van der Waals surface area contributed by atoms with Crippen molar-refractivity contribution in [2.75, 3.05) is 20.3 Å². The lowest BCUT2D eigenvalue weighted by Crippen LogP contribution is -2.52. The van der Waals surface area contributed by atoms with Gasteiger partial charge in [-0.15, -0.1) is 0 Å². The van der Waals surface area contributed by atoms with Gasteiger partial charge >= 0.3 is 0 Å². The minimum absolute atomic E-state index is 0.0852. The molecule has 0 bridgehead atoms. The highest BCUT2D eigenvalue weighted by atomic mass is 16.7. The first-order valence-electron chi connectivity index (χ1n) is 7.39. The van der Waals surface area contributed by atoms with Gasteiger partial charge in [-0.05, 0) is 19.0 Å². The monoisotopic (exact) mass is 277 g/mol. The van der Waals surface area contributed by atoms with Crippen LogP contribution in [0.2, 0.25) is 0 Å². The van der Waals surface area contributed by atoms with E-state index in [0.717, 1.165) is 25.8 Å². The predicted octanol–water partition coefficient (Wildman–Crippen LogP) is 1.77. The molecule has 0 aromatic heterocycles. The number of benzene rings is 1. The summed E-state index contributed by atoms with van der Waals surface area (Å²) in [5, 5.41) is 10.3. The number of aliphatic hydroxyl groups is 1. The summed E-state index contributed by atoms with van der Waals surface area (Å²) in [6.07, 6.45) is 1.98. The van der Waals surface area contributed by atoms with Gasteiger partial charge in [-0.2, -0.15) is 0 Å². The third-order valence-electron chi connectivity index (χ3n) is 4.44. The van der Waals surface area contributed by atoms with Gasteiger partial charge in [-0.3, -0.25) is 4.90 Å². The molecule has 1 aromatic rings. The van der Waals surface area contributed by atoms with Crippen LogP contribution < -0.4 is 0 Å². The largest absolute Gasteiger partial charge is 0.391 e. The quantitative estimate of drug-likeness (QED) is 0.914. The van der Waals surface area contributed by atoms with Gasteiger partial charge < -0.3 is 14.6 Å². The maximum atomic E-state index is 10.3. The van der Waals surface area contributed by atoms with Gasteiger partial charge in [0.25, 0.3) is 0 Å². The van der Waals surface area contributed by atoms with Gasteiger partial charge in [-0.1, -0.05) is 30.3 Å². The van der Waals surface area contributed by atoms with Crippen molar-refractivity contribution in [3.8, 4) is 0 Å². The van der Waals surface area contributed by atoms with Crippen LogP contribution >= 0.6 is 0 Å². The Hall–Kier alpha value is -0.940. The zero-order valence-electron chi connectivity index (χ0n) is 12.0. The smallest absolute Gasteiger partial charge is 0.170 e. The van der Waals surface area contributed by atoms with Crippen LogP contribution in [-0.2, 0) is 16.0 Å². The fourth-order valence-corrected chi connectivity index (χ4v) is 3.31. The molecule has 1 saturated carbocycles. The predicted molar refractivity (Wildman–Crippen MR) is 76.2 cm³/mol. The van der Waals surface area contributed by atoms with Crippen LogP contribution in [0.15, 0.2) is 30.3 Å². The molecule has 1 saturated heterocycles. The molecular weight excluding hydrogens is 254 g/mol.